The average molecular weight is 228 g/mol. The van der Waals surface area contributed by atoms with Crippen molar-refractivity contribution in [2.24, 2.45) is 5.16 Å². The molecule has 0 saturated carbocycles. The number of piperidine rings is 1. The standard InChI is InChI=1S/C11H20N2O3/c1-4-11(2,16-3)10(14)13-7-5-9(12-15)6-8-13/h15H,4-8H2,1-3H3. The number of oxime groups is 1. The summed E-state index contributed by atoms with van der Waals surface area (Å²) >= 11 is 0. The van der Waals surface area contributed by atoms with E-state index in [1.165, 1.54) is 0 Å². The molecule has 1 N–H and O–H groups in total. The number of likely N-dealkylation sites (tertiary alicyclic amines) is 1. The molecule has 1 saturated heterocycles. The zero-order valence-corrected chi connectivity index (χ0v) is 10.2. The van der Waals surface area contributed by atoms with Gasteiger partial charge in [-0.2, -0.15) is 0 Å². The van der Waals surface area contributed by atoms with Gasteiger partial charge in [-0.3, -0.25) is 4.79 Å². The van der Waals surface area contributed by atoms with Crippen molar-refractivity contribution in [2.45, 2.75) is 38.7 Å². The monoisotopic (exact) mass is 228 g/mol. The van der Waals surface area contributed by atoms with Crippen LogP contribution < -0.4 is 0 Å². The zero-order chi connectivity index (χ0) is 12.2. The van der Waals surface area contributed by atoms with Gasteiger partial charge >= 0.3 is 0 Å². The predicted octanol–water partition coefficient (Wildman–Crippen LogP) is 1.25. The molecule has 0 aromatic heterocycles. The van der Waals surface area contributed by atoms with Crippen molar-refractivity contribution in [3.63, 3.8) is 0 Å². The second-order valence-corrected chi connectivity index (χ2v) is 4.25. The van der Waals surface area contributed by atoms with Gasteiger partial charge in [-0.05, 0) is 13.3 Å². The van der Waals surface area contributed by atoms with Gasteiger partial charge in [0.1, 0.15) is 5.60 Å². The van der Waals surface area contributed by atoms with Crippen molar-refractivity contribution in [2.75, 3.05) is 20.2 Å². The summed E-state index contributed by atoms with van der Waals surface area (Å²) in [4.78, 5) is 14.0. The number of amides is 1. The minimum Gasteiger partial charge on any atom is -0.411 e. The molecule has 5 heteroatoms. The number of rotatable bonds is 3. The Bertz CT molecular complexity index is 275. The zero-order valence-electron chi connectivity index (χ0n) is 10.2. The minimum absolute atomic E-state index is 0.0227. The van der Waals surface area contributed by atoms with E-state index >= 15 is 0 Å². The molecular weight excluding hydrogens is 208 g/mol. The summed E-state index contributed by atoms with van der Waals surface area (Å²) < 4.78 is 5.28. The molecule has 0 aromatic rings. The number of ether oxygens (including phenoxy) is 1. The molecule has 1 aliphatic heterocycles. The van der Waals surface area contributed by atoms with E-state index in [0.29, 0.717) is 32.4 Å². The van der Waals surface area contributed by atoms with Gasteiger partial charge in [-0.25, -0.2) is 0 Å². The van der Waals surface area contributed by atoms with E-state index in [0.717, 1.165) is 5.71 Å². The lowest BCUT2D eigenvalue weighted by Crippen LogP contribution is -2.50. The number of nitrogens with zero attached hydrogens (tertiary/aromatic N) is 2. The first-order valence-electron chi connectivity index (χ1n) is 5.61. The molecule has 1 aliphatic rings. The summed E-state index contributed by atoms with van der Waals surface area (Å²) in [7, 11) is 1.56. The molecule has 1 amide bonds. The molecule has 0 aromatic carbocycles. The van der Waals surface area contributed by atoms with Crippen LogP contribution in [0, 0.1) is 0 Å². The van der Waals surface area contributed by atoms with Crippen molar-refractivity contribution in [1.29, 1.82) is 0 Å². The van der Waals surface area contributed by atoms with Crippen LogP contribution in [0.5, 0.6) is 0 Å². The van der Waals surface area contributed by atoms with Crippen LogP contribution in [0.4, 0.5) is 0 Å². The van der Waals surface area contributed by atoms with E-state index in [2.05, 4.69) is 5.16 Å². The molecule has 0 spiro atoms. The Hall–Kier alpha value is -1.10. The van der Waals surface area contributed by atoms with Crippen LogP contribution >= 0.6 is 0 Å². The molecule has 5 nitrogen and oxygen atoms in total. The number of methoxy groups -OCH3 is 1. The molecule has 0 aliphatic carbocycles. The van der Waals surface area contributed by atoms with Crippen LogP contribution in [0.15, 0.2) is 5.16 Å². The summed E-state index contributed by atoms with van der Waals surface area (Å²) in [6, 6.07) is 0. The van der Waals surface area contributed by atoms with E-state index < -0.39 is 5.60 Å². The molecule has 92 valence electrons. The number of carbonyl (C=O) groups excluding carboxylic acids is 1. The SMILES string of the molecule is CCC(C)(OC)C(=O)N1CCC(=NO)CC1. The fourth-order valence-electron chi connectivity index (χ4n) is 1.79. The highest BCUT2D eigenvalue weighted by Crippen LogP contribution is 2.20. The maximum absolute atomic E-state index is 12.2. The molecule has 1 unspecified atom stereocenters. The van der Waals surface area contributed by atoms with E-state index in [9.17, 15) is 4.79 Å². The predicted molar refractivity (Wildman–Crippen MR) is 60.7 cm³/mol. The molecule has 16 heavy (non-hydrogen) atoms. The largest absolute Gasteiger partial charge is 0.411 e. The summed E-state index contributed by atoms with van der Waals surface area (Å²) in [5.41, 5.74) is 0.0353. The summed E-state index contributed by atoms with van der Waals surface area (Å²) in [6.45, 7) is 4.96. The first kappa shape index (κ1) is 13.0. The Morgan fingerprint density at radius 2 is 2.12 bits per heavy atom. The van der Waals surface area contributed by atoms with E-state index in [4.69, 9.17) is 9.94 Å². The van der Waals surface area contributed by atoms with Crippen LogP contribution in [0.25, 0.3) is 0 Å². The van der Waals surface area contributed by atoms with Crippen LogP contribution in [0.3, 0.4) is 0 Å². The van der Waals surface area contributed by atoms with Crippen LogP contribution in [-0.4, -0.2) is 47.5 Å². The molecule has 1 atom stereocenters. The highest BCUT2D eigenvalue weighted by Gasteiger charge is 2.36. The first-order chi connectivity index (χ1) is 7.57. The third-order valence-corrected chi connectivity index (χ3v) is 3.35. The van der Waals surface area contributed by atoms with Crippen LogP contribution in [-0.2, 0) is 9.53 Å². The van der Waals surface area contributed by atoms with Gasteiger partial charge in [-0.1, -0.05) is 12.1 Å². The summed E-state index contributed by atoms with van der Waals surface area (Å²) in [6.07, 6.45) is 1.94. The van der Waals surface area contributed by atoms with Gasteiger partial charge in [0.25, 0.3) is 5.91 Å². The van der Waals surface area contributed by atoms with E-state index in [1.54, 1.807) is 12.0 Å². The van der Waals surface area contributed by atoms with Gasteiger partial charge < -0.3 is 14.8 Å². The third-order valence-electron chi connectivity index (χ3n) is 3.35. The van der Waals surface area contributed by atoms with Gasteiger partial charge in [-0.15, -0.1) is 0 Å². The highest BCUT2D eigenvalue weighted by molar-refractivity contribution is 5.89. The Labute approximate surface area is 96.1 Å². The minimum atomic E-state index is -0.728. The molecule has 0 bridgehead atoms. The fourth-order valence-corrected chi connectivity index (χ4v) is 1.79. The normalized spacial score (nSPS) is 20.4. The molecule has 0 radical (unpaired) electrons. The third kappa shape index (κ3) is 2.52. The highest BCUT2D eigenvalue weighted by atomic mass is 16.5. The number of hydrogen-bond acceptors (Lipinski definition) is 4. The van der Waals surface area contributed by atoms with Crippen molar-refractivity contribution < 1.29 is 14.7 Å². The van der Waals surface area contributed by atoms with Gasteiger partial charge in [0.15, 0.2) is 0 Å². The van der Waals surface area contributed by atoms with Gasteiger partial charge in [0.2, 0.25) is 0 Å². The maximum Gasteiger partial charge on any atom is 0.254 e. The van der Waals surface area contributed by atoms with E-state index in [-0.39, 0.29) is 5.91 Å². The lowest BCUT2D eigenvalue weighted by atomic mass is 9.99. The van der Waals surface area contributed by atoms with E-state index in [1.807, 2.05) is 13.8 Å². The second-order valence-electron chi connectivity index (χ2n) is 4.25. The van der Waals surface area contributed by atoms with Crippen LogP contribution in [0.2, 0.25) is 0 Å². The molecule has 1 heterocycles. The number of carbonyl (C=O) groups is 1. The molecule has 1 rings (SSSR count). The van der Waals surface area contributed by atoms with Gasteiger partial charge in [0, 0.05) is 33.0 Å². The fraction of sp³-hybridized carbons (Fsp3) is 0.818. The van der Waals surface area contributed by atoms with Crippen molar-refractivity contribution in [3.8, 4) is 0 Å². The Kier molecular flexibility index (Phi) is 4.29. The summed E-state index contributed by atoms with van der Waals surface area (Å²) in [5, 5.41) is 11.8. The summed E-state index contributed by atoms with van der Waals surface area (Å²) in [5.74, 6) is 0.0227. The van der Waals surface area contributed by atoms with Crippen molar-refractivity contribution >= 4 is 11.6 Å². The lowest BCUT2D eigenvalue weighted by Gasteiger charge is -2.35. The first-order valence-corrected chi connectivity index (χ1v) is 5.61. The van der Waals surface area contributed by atoms with Crippen LogP contribution in [0.1, 0.15) is 33.1 Å². The maximum atomic E-state index is 12.2. The number of hydrogen-bond donors (Lipinski definition) is 1. The van der Waals surface area contributed by atoms with Crippen molar-refractivity contribution in [1.82, 2.24) is 4.90 Å². The Morgan fingerprint density at radius 3 is 2.50 bits per heavy atom. The van der Waals surface area contributed by atoms with Gasteiger partial charge in [0.05, 0.1) is 5.71 Å². The lowest BCUT2D eigenvalue weighted by molar-refractivity contribution is -0.153. The Balaban J connectivity index is 2.63. The topological polar surface area (TPSA) is 62.1 Å². The average Bonchev–Trinajstić information content (AvgIpc) is 2.37. The quantitative estimate of drug-likeness (QED) is 0.584. The Morgan fingerprint density at radius 1 is 1.56 bits per heavy atom. The molecular formula is C11H20N2O3. The smallest absolute Gasteiger partial charge is 0.254 e. The van der Waals surface area contributed by atoms with Crippen molar-refractivity contribution in [3.05, 3.63) is 0 Å². The second kappa shape index (κ2) is 5.30. The molecule has 1 fully saturated rings.